The van der Waals surface area contributed by atoms with E-state index < -0.39 is 0 Å². The van der Waals surface area contributed by atoms with Gasteiger partial charge in [-0.05, 0) is 31.9 Å². The number of rotatable bonds is 3. The fourth-order valence-electron chi connectivity index (χ4n) is 3.56. The number of para-hydroxylation sites is 2. The van der Waals surface area contributed by atoms with Crippen LogP contribution in [0.3, 0.4) is 0 Å². The average molecular weight is 315 g/mol. The summed E-state index contributed by atoms with van der Waals surface area (Å²) in [6, 6.07) is 7.68. The van der Waals surface area contributed by atoms with Gasteiger partial charge in [0.15, 0.2) is 0 Å². The smallest absolute Gasteiger partial charge is 0.249 e. The maximum atomic E-state index is 12.7. The molecule has 2 aliphatic rings. The van der Waals surface area contributed by atoms with Gasteiger partial charge in [-0.25, -0.2) is 0 Å². The fraction of sp³-hybridized carbons (Fsp3) is 0.556. The number of carbonyl (C=O) groups excluding carboxylic acids is 2. The van der Waals surface area contributed by atoms with Crippen LogP contribution in [0.2, 0.25) is 0 Å². The number of nitrogens with one attached hydrogen (secondary N) is 1. The molecular formula is C18H25N3O2. The molecule has 0 aromatic heterocycles. The van der Waals surface area contributed by atoms with Crippen LogP contribution < -0.4 is 10.2 Å². The van der Waals surface area contributed by atoms with Crippen molar-refractivity contribution in [1.82, 2.24) is 4.90 Å². The Bertz CT molecular complexity index is 596. The van der Waals surface area contributed by atoms with Crippen molar-refractivity contribution >= 4 is 23.2 Å². The molecule has 124 valence electrons. The molecule has 1 unspecified atom stereocenters. The summed E-state index contributed by atoms with van der Waals surface area (Å²) < 4.78 is 0. The lowest BCUT2D eigenvalue weighted by molar-refractivity contribution is -0.132. The molecule has 1 atom stereocenters. The Morgan fingerprint density at radius 2 is 1.96 bits per heavy atom. The number of likely N-dealkylation sites (N-methyl/N-ethyl adjacent to an activating group) is 1. The monoisotopic (exact) mass is 315 g/mol. The van der Waals surface area contributed by atoms with Gasteiger partial charge in [0.1, 0.15) is 12.6 Å². The fourth-order valence-corrected chi connectivity index (χ4v) is 3.56. The molecule has 1 aromatic rings. The topological polar surface area (TPSA) is 52.7 Å². The van der Waals surface area contributed by atoms with E-state index >= 15 is 0 Å². The van der Waals surface area contributed by atoms with E-state index in [1.54, 1.807) is 4.90 Å². The summed E-state index contributed by atoms with van der Waals surface area (Å²) in [5, 5.41) is 3.19. The van der Waals surface area contributed by atoms with Crippen LogP contribution in [0.25, 0.3) is 0 Å². The minimum atomic E-state index is -0.308. The number of carbonyl (C=O) groups is 2. The van der Waals surface area contributed by atoms with Gasteiger partial charge < -0.3 is 10.2 Å². The van der Waals surface area contributed by atoms with Gasteiger partial charge in [0.2, 0.25) is 11.8 Å². The quantitative estimate of drug-likeness (QED) is 0.933. The van der Waals surface area contributed by atoms with Crippen LogP contribution >= 0.6 is 0 Å². The SMILES string of the molecule is CC1Nc2ccccc2N(CC(=O)N(C)C2CCCCC2)C1=O. The Labute approximate surface area is 137 Å². The van der Waals surface area contributed by atoms with E-state index in [-0.39, 0.29) is 24.4 Å². The maximum absolute atomic E-state index is 12.7. The lowest BCUT2D eigenvalue weighted by atomic mass is 9.94. The van der Waals surface area contributed by atoms with Gasteiger partial charge in [0.25, 0.3) is 0 Å². The van der Waals surface area contributed by atoms with Gasteiger partial charge in [0, 0.05) is 13.1 Å². The molecule has 5 nitrogen and oxygen atoms in total. The molecule has 1 N–H and O–H groups in total. The van der Waals surface area contributed by atoms with Crippen LogP contribution in [0.1, 0.15) is 39.0 Å². The highest BCUT2D eigenvalue weighted by Gasteiger charge is 2.32. The van der Waals surface area contributed by atoms with Crippen molar-refractivity contribution in [3.8, 4) is 0 Å². The normalized spacial score (nSPS) is 21.6. The zero-order valence-electron chi connectivity index (χ0n) is 13.9. The standard InChI is InChI=1S/C18H25N3O2/c1-13-18(23)21(16-11-7-6-10-15(16)19-13)12-17(22)20(2)14-8-4-3-5-9-14/h6-7,10-11,13-14,19H,3-5,8-9,12H2,1-2H3. The highest BCUT2D eigenvalue weighted by atomic mass is 16.2. The molecule has 0 bridgehead atoms. The number of anilines is 2. The largest absolute Gasteiger partial charge is 0.372 e. The third-order valence-electron chi connectivity index (χ3n) is 5.01. The number of hydrogen-bond acceptors (Lipinski definition) is 3. The number of fused-ring (bicyclic) bond motifs is 1. The third-order valence-corrected chi connectivity index (χ3v) is 5.01. The molecule has 2 amide bonds. The molecule has 0 saturated heterocycles. The van der Waals surface area contributed by atoms with Gasteiger partial charge in [0.05, 0.1) is 11.4 Å². The Balaban J connectivity index is 1.75. The van der Waals surface area contributed by atoms with Crippen LogP contribution in [-0.2, 0) is 9.59 Å². The molecular weight excluding hydrogens is 290 g/mol. The van der Waals surface area contributed by atoms with E-state index in [9.17, 15) is 9.59 Å². The van der Waals surface area contributed by atoms with Crippen molar-refractivity contribution < 1.29 is 9.59 Å². The Morgan fingerprint density at radius 1 is 1.26 bits per heavy atom. The zero-order chi connectivity index (χ0) is 16.4. The molecule has 3 rings (SSSR count). The minimum Gasteiger partial charge on any atom is -0.372 e. The number of amides is 2. The minimum absolute atomic E-state index is 0.0224. The number of nitrogens with zero attached hydrogens (tertiary/aromatic N) is 2. The van der Waals surface area contributed by atoms with Gasteiger partial charge in [-0.1, -0.05) is 31.4 Å². The van der Waals surface area contributed by atoms with Gasteiger partial charge in [-0.15, -0.1) is 0 Å². The van der Waals surface area contributed by atoms with Crippen LogP contribution in [0.15, 0.2) is 24.3 Å². The first-order valence-corrected chi connectivity index (χ1v) is 8.50. The van der Waals surface area contributed by atoms with Crippen molar-refractivity contribution in [3.63, 3.8) is 0 Å². The summed E-state index contributed by atoms with van der Waals surface area (Å²) in [5.41, 5.74) is 1.70. The molecule has 23 heavy (non-hydrogen) atoms. The lowest BCUT2D eigenvalue weighted by Gasteiger charge is -2.36. The molecule has 0 radical (unpaired) electrons. The summed E-state index contributed by atoms with van der Waals surface area (Å²) in [6.45, 7) is 1.95. The molecule has 1 aromatic carbocycles. The molecule has 1 heterocycles. The highest BCUT2D eigenvalue weighted by molar-refractivity contribution is 6.07. The molecule has 5 heteroatoms. The van der Waals surface area contributed by atoms with Crippen molar-refractivity contribution in [3.05, 3.63) is 24.3 Å². The summed E-state index contributed by atoms with van der Waals surface area (Å²) in [6.07, 6.45) is 5.79. The van der Waals surface area contributed by atoms with E-state index in [4.69, 9.17) is 0 Å². The summed E-state index contributed by atoms with van der Waals surface area (Å²) in [7, 11) is 1.88. The van der Waals surface area contributed by atoms with E-state index in [1.807, 2.05) is 43.1 Å². The Hall–Kier alpha value is -2.04. The summed E-state index contributed by atoms with van der Waals surface area (Å²) in [4.78, 5) is 28.7. The van der Waals surface area contributed by atoms with E-state index in [0.29, 0.717) is 6.04 Å². The summed E-state index contributed by atoms with van der Waals surface area (Å²) in [5.74, 6) is -0.0248. The second-order valence-electron chi connectivity index (χ2n) is 6.60. The highest BCUT2D eigenvalue weighted by Crippen LogP contribution is 2.31. The molecule has 0 spiro atoms. The number of benzene rings is 1. The van der Waals surface area contributed by atoms with Gasteiger partial charge in [-0.3, -0.25) is 14.5 Å². The first-order valence-electron chi connectivity index (χ1n) is 8.50. The predicted octanol–water partition coefficient (Wildman–Crippen LogP) is 2.62. The van der Waals surface area contributed by atoms with Crippen molar-refractivity contribution in [2.24, 2.45) is 0 Å². The Morgan fingerprint density at radius 3 is 2.70 bits per heavy atom. The first kappa shape index (κ1) is 15.8. The molecule has 1 fully saturated rings. The molecule has 1 aliphatic heterocycles. The van der Waals surface area contributed by atoms with Crippen LogP contribution in [0.4, 0.5) is 11.4 Å². The predicted molar refractivity (Wildman–Crippen MR) is 91.5 cm³/mol. The van der Waals surface area contributed by atoms with Crippen molar-refractivity contribution in [1.29, 1.82) is 0 Å². The number of hydrogen-bond donors (Lipinski definition) is 1. The average Bonchev–Trinajstić information content (AvgIpc) is 2.59. The molecule has 1 aliphatic carbocycles. The van der Waals surface area contributed by atoms with Crippen LogP contribution in [-0.4, -0.2) is 42.4 Å². The van der Waals surface area contributed by atoms with E-state index in [0.717, 1.165) is 24.2 Å². The Kier molecular flexibility index (Phi) is 4.55. The molecule has 1 saturated carbocycles. The van der Waals surface area contributed by atoms with Crippen molar-refractivity contribution in [2.45, 2.75) is 51.1 Å². The second kappa shape index (κ2) is 6.60. The zero-order valence-corrected chi connectivity index (χ0v) is 13.9. The summed E-state index contributed by atoms with van der Waals surface area (Å²) >= 11 is 0. The van der Waals surface area contributed by atoms with Gasteiger partial charge in [-0.2, -0.15) is 0 Å². The maximum Gasteiger partial charge on any atom is 0.249 e. The van der Waals surface area contributed by atoms with E-state index in [1.165, 1.54) is 19.3 Å². The van der Waals surface area contributed by atoms with Crippen molar-refractivity contribution in [2.75, 3.05) is 23.8 Å². The first-order chi connectivity index (χ1) is 11.1. The van der Waals surface area contributed by atoms with Crippen LogP contribution in [0.5, 0.6) is 0 Å². The van der Waals surface area contributed by atoms with Gasteiger partial charge >= 0.3 is 0 Å². The van der Waals surface area contributed by atoms with E-state index in [2.05, 4.69) is 5.32 Å². The second-order valence-corrected chi connectivity index (χ2v) is 6.60. The third kappa shape index (κ3) is 3.19. The lowest BCUT2D eigenvalue weighted by Crippen LogP contribution is -2.51. The van der Waals surface area contributed by atoms with Crippen LogP contribution in [0, 0.1) is 0 Å².